The first kappa shape index (κ1) is 14.6. The Bertz CT molecular complexity index is 554. The van der Waals surface area contributed by atoms with Crippen LogP contribution in [0.15, 0.2) is 30.5 Å². The summed E-state index contributed by atoms with van der Waals surface area (Å²) in [6.45, 7) is 6.87. The minimum Gasteiger partial charge on any atom is -0.361 e. The highest BCUT2D eigenvalue weighted by Crippen LogP contribution is 2.20. The molecule has 1 saturated heterocycles. The average Bonchev–Trinajstić information content (AvgIpc) is 2.92. The quantitative estimate of drug-likeness (QED) is 0.851. The Labute approximate surface area is 127 Å². The predicted molar refractivity (Wildman–Crippen MR) is 89.5 cm³/mol. The second kappa shape index (κ2) is 7.10. The van der Waals surface area contributed by atoms with Gasteiger partial charge in [0.15, 0.2) is 0 Å². The van der Waals surface area contributed by atoms with Crippen LogP contribution in [0.3, 0.4) is 0 Å². The molecule has 3 rings (SSSR count). The number of nitrogens with one attached hydrogen (secondary N) is 2. The van der Waals surface area contributed by atoms with Gasteiger partial charge in [-0.2, -0.15) is 0 Å². The van der Waals surface area contributed by atoms with Crippen LogP contribution in [0.4, 0.5) is 0 Å². The van der Waals surface area contributed by atoms with E-state index in [1.54, 1.807) is 0 Å². The fourth-order valence-corrected chi connectivity index (χ4v) is 3.45. The summed E-state index contributed by atoms with van der Waals surface area (Å²) in [7, 11) is 0. The third-order valence-electron chi connectivity index (χ3n) is 4.50. The fraction of sp³-hybridized carbons (Fsp3) is 0.556. The highest BCUT2D eigenvalue weighted by atomic mass is 15.1. The van der Waals surface area contributed by atoms with Gasteiger partial charge in [0.2, 0.25) is 0 Å². The summed E-state index contributed by atoms with van der Waals surface area (Å²) in [5.41, 5.74) is 2.68. The molecule has 1 aliphatic rings. The summed E-state index contributed by atoms with van der Waals surface area (Å²) in [6.07, 6.45) is 7.45. The Morgan fingerprint density at radius 2 is 2.14 bits per heavy atom. The van der Waals surface area contributed by atoms with E-state index < -0.39 is 0 Å². The minimum absolute atomic E-state index is 0.676. The second-order valence-electron chi connectivity index (χ2n) is 6.24. The molecule has 2 N–H and O–H groups in total. The number of fused-ring (bicyclic) bond motifs is 1. The van der Waals surface area contributed by atoms with Crippen molar-refractivity contribution >= 4 is 10.9 Å². The van der Waals surface area contributed by atoms with Crippen LogP contribution in [-0.2, 0) is 6.54 Å². The Morgan fingerprint density at radius 3 is 2.95 bits per heavy atom. The molecule has 1 aliphatic heterocycles. The molecule has 1 atom stereocenters. The number of para-hydroxylation sites is 1. The van der Waals surface area contributed by atoms with Gasteiger partial charge in [-0.1, -0.05) is 31.5 Å². The third-order valence-corrected chi connectivity index (χ3v) is 4.50. The van der Waals surface area contributed by atoms with Crippen molar-refractivity contribution in [1.82, 2.24) is 15.2 Å². The number of benzene rings is 1. The predicted octanol–water partition coefficient (Wildman–Crippen LogP) is 3.52. The SMILES string of the molecule is CCCN(Cc1c[nH]c2ccccc12)CC1CCCCN1. The maximum atomic E-state index is 3.68. The molecule has 1 unspecified atom stereocenters. The van der Waals surface area contributed by atoms with E-state index in [0.29, 0.717) is 6.04 Å². The van der Waals surface area contributed by atoms with Gasteiger partial charge in [-0.25, -0.2) is 0 Å². The van der Waals surface area contributed by atoms with Gasteiger partial charge in [0.05, 0.1) is 0 Å². The summed E-state index contributed by atoms with van der Waals surface area (Å²) in [5.74, 6) is 0. The summed E-state index contributed by atoms with van der Waals surface area (Å²) in [6, 6.07) is 9.29. The van der Waals surface area contributed by atoms with E-state index in [-0.39, 0.29) is 0 Å². The molecule has 3 nitrogen and oxygen atoms in total. The van der Waals surface area contributed by atoms with Crippen LogP contribution in [0.2, 0.25) is 0 Å². The van der Waals surface area contributed by atoms with Crippen LogP contribution in [0.25, 0.3) is 10.9 Å². The van der Waals surface area contributed by atoms with Gasteiger partial charge in [0.1, 0.15) is 0 Å². The molecule has 1 aromatic heterocycles. The van der Waals surface area contributed by atoms with E-state index in [9.17, 15) is 0 Å². The number of hydrogen-bond donors (Lipinski definition) is 2. The smallest absolute Gasteiger partial charge is 0.0457 e. The summed E-state index contributed by atoms with van der Waals surface area (Å²) >= 11 is 0. The van der Waals surface area contributed by atoms with Crippen LogP contribution in [-0.4, -0.2) is 35.6 Å². The molecule has 2 aromatic rings. The number of aromatic amines is 1. The van der Waals surface area contributed by atoms with E-state index in [1.165, 1.54) is 61.8 Å². The lowest BCUT2D eigenvalue weighted by atomic mass is 10.0. The molecular formula is C18H27N3. The van der Waals surface area contributed by atoms with Crippen LogP contribution < -0.4 is 5.32 Å². The molecule has 1 aromatic carbocycles. The Balaban J connectivity index is 1.69. The number of hydrogen-bond acceptors (Lipinski definition) is 2. The van der Waals surface area contributed by atoms with Gasteiger partial charge in [-0.05, 0) is 44.0 Å². The Kier molecular flexibility index (Phi) is 4.94. The molecule has 0 radical (unpaired) electrons. The number of piperidine rings is 1. The lowest BCUT2D eigenvalue weighted by Gasteiger charge is -2.30. The molecule has 0 aliphatic carbocycles. The topological polar surface area (TPSA) is 31.1 Å². The standard InChI is InChI=1S/C18H27N3/c1-2-11-21(14-16-7-5-6-10-19-16)13-15-12-20-18-9-4-3-8-17(15)18/h3-4,8-9,12,16,19-20H,2,5-7,10-11,13-14H2,1H3. The number of aromatic nitrogens is 1. The maximum Gasteiger partial charge on any atom is 0.0457 e. The zero-order chi connectivity index (χ0) is 14.5. The van der Waals surface area contributed by atoms with Crippen molar-refractivity contribution in [3.05, 3.63) is 36.0 Å². The van der Waals surface area contributed by atoms with Crippen molar-refractivity contribution in [2.45, 2.75) is 45.2 Å². The van der Waals surface area contributed by atoms with E-state index >= 15 is 0 Å². The van der Waals surface area contributed by atoms with Crippen LogP contribution >= 0.6 is 0 Å². The number of H-pyrrole nitrogens is 1. The third kappa shape index (κ3) is 3.66. The van der Waals surface area contributed by atoms with Gasteiger partial charge in [-0.15, -0.1) is 0 Å². The van der Waals surface area contributed by atoms with Crippen LogP contribution in [0, 0.1) is 0 Å². The maximum absolute atomic E-state index is 3.68. The Hall–Kier alpha value is -1.32. The van der Waals surface area contributed by atoms with Crippen molar-refractivity contribution in [1.29, 1.82) is 0 Å². The average molecular weight is 285 g/mol. The number of rotatable bonds is 6. The molecule has 21 heavy (non-hydrogen) atoms. The first-order valence-corrected chi connectivity index (χ1v) is 8.37. The molecule has 1 fully saturated rings. The van der Waals surface area contributed by atoms with E-state index in [0.717, 1.165) is 6.54 Å². The van der Waals surface area contributed by atoms with Crippen molar-refractivity contribution in [3.8, 4) is 0 Å². The van der Waals surface area contributed by atoms with Gasteiger partial charge < -0.3 is 10.3 Å². The van der Waals surface area contributed by atoms with Crippen LogP contribution in [0.1, 0.15) is 38.2 Å². The van der Waals surface area contributed by atoms with Gasteiger partial charge >= 0.3 is 0 Å². The van der Waals surface area contributed by atoms with Crippen molar-refractivity contribution in [2.24, 2.45) is 0 Å². The van der Waals surface area contributed by atoms with Crippen molar-refractivity contribution in [2.75, 3.05) is 19.6 Å². The molecule has 0 amide bonds. The molecular weight excluding hydrogens is 258 g/mol. The molecule has 0 saturated carbocycles. The highest BCUT2D eigenvalue weighted by Gasteiger charge is 2.17. The lowest BCUT2D eigenvalue weighted by molar-refractivity contribution is 0.218. The normalized spacial score (nSPS) is 19.4. The highest BCUT2D eigenvalue weighted by molar-refractivity contribution is 5.82. The summed E-state index contributed by atoms with van der Waals surface area (Å²) < 4.78 is 0. The van der Waals surface area contributed by atoms with Gasteiger partial charge in [0.25, 0.3) is 0 Å². The number of nitrogens with zero attached hydrogens (tertiary/aromatic N) is 1. The zero-order valence-electron chi connectivity index (χ0n) is 13.1. The summed E-state index contributed by atoms with van der Waals surface area (Å²) in [4.78, 5) is 6.01. The molecule has 2 heterocycles. The first-order chi connectivity index (χ1) is 10.4. The van der Waals surface area contributed by atoms with Crippen molar-refractivity contribution < 1.29 is 0 Å². The monoisotopic (exact) mass is 285 g/mol. The second-order valence-corrected chi connectivity index (χ2v) is 6.24. The molecule has 3 heteroatoms. The molecule has 0 spiro atoms. The summed E-state index contributed by atoms with van der Waals surface area (Å²) in [5, 5.41) is 5.05. The minimum atomic E-state index is 0.676. The first-order valence-electron chi connectivity index (χ1n) is 8.37. The lowest BCUT2D eigenvalue weighted by Crippen LogP contribution is -2.43. The molecule has 0 bridgehead atoms. The zero-order valence-corrected chi connectivity index (χ0v) is 13.1. The van der Waals surface area contributed by atoms with E-state index in [2.05, 4.69) is 52.6 Å². The van der Waals surface area contributed by atoms with Gasteiger partial charge in [-0.3, -0.25) is 4.90 Å². The van der Waals surface area contributed by atoms with Gasteiger partial charge in [0, 0.05) is 36.2 Å². The Morgan fingerprint density at radius 1 is 1.24 bits per heavy atom. The van der Waals surface area contributed by atoms with E-state index in [4.69, 9.17) is 0 Å². The molecule has 114 valence electrons. The van der Waals surface area contributed by atoms with Crippen LogP contribution in [0.5, 0.6) is 0 Å². The fourth-order valence-electron chi connectivity index (χ4n) is 3.45. The largest absolute Gasteiger partial charge is 0.361 e. The van der Waals surface area contributed by atoms with E-state index in [1.807, 2.05) is 0 Å². The van der Waals surface area contributed by atoms with Crippen molar-refractivity contribution in [3.63, 3.8) is 0 Å².